The average molecular weight is 375 g/mol. The predicted molar refractivity (Wildman–Crippen MR) is 88.6 cm³/mol. The van der Waals surface area contributed by atoms with E-state index in [4.69, 9.17) is 0 Å². The molecule has 0 radical (unpaired) electrons. The van der Waals surface area contributed by atoms with Crippen LogP contribution in [-0.4, -0.2) is 49.1 Å². The number of rotatable bonds is 5. The zero-order valence-corrected chi connectivity index (χ0v) is 14.0. The Kier molecular flexibility index (Phi) is 11.3. The van der Waals surface area contributed by atoms with Crippen LogP contribution < -0.4 is 10.6 Å². The van der Waals surface area contributed by atoms with E-state index in [9.17, 15) is 0 Å². The summed E-state index contributed by atoms with van der Waals surface area (Å²) >= 11 is 3.92. The van der Waals surface area contributed by atoms with Crippen molar-refractivity contribution in [2.24, 2.45) is 4.99 Å². The molecule has 1 aliphatic rings. The maximum atomic E-state index is 4.20. The number of guanidine groups is 1. The van der Waals surface area contributed by atoms with Crippen LogP contribution in [0.5, 0.6) is 0 Å². The molecule has 0 aromatic carbocycles. The van der Waals surface area contributed by atoms with Gasteiger partial charge in [0.15, 0.2) is 5.96 Å². The SMILES string of the molecule is CN=C(NCCSC)NCC1CCCS1.I. The van der Waals surface area contributed by atoms with E-state index in [1.54, 1.807) is 0 Å². The summed E-state index contributed by atoms with van der Waals surface area (Å²) in [7, 11) is 1.83. The van der Waals surface area contributed by atoms with E-state index >= 15 is 0 Å². The van der Waals surface area contributed by atoms with E-state index < -0.39 is 0 Å². The molecule has 96 valence electrons. The highest BCUT2D eigenvalue weighted by atomic mass is 127. The highest BCUT2D eigenvalue weighted by Gasteiger charge is 2.15. The van der Waals surface area contributed by atoms with Crippen LogP contribution in [0, 0.1) is 0 Å². The van der Waals surface area contributed by atoms with Gasteiger partial charge in [0.05, 0.1) is 0 Å². The second-order valence-electron chi connectivity index (χ2n) is 3.51. The van der Waals surface area contributed by atoms with Crippen LogP contribution in [0.2, 0.25) is 0 Å². The van der Waals surface area contributed by atoms with E-state index in [1.165, 1.54) is 18.6 Å². The lowest BCUT2D eigenvalue weighted by atomic mass is 10.2. The van der Waals surface area contributed by atoms with E-state index in [0.29, 0.717) is 0 Å². The molecule has 0 aliphatic carbocycles. The molecule has 0 saturated carbocycles. The summed E-state index contributed by atoms with van der Waals surface area (Å²) in [5.41, 5.74) is 0. The lowest BCUT2D eigenvalue weighted by molar-refractivity contribution is 0.731. The van der Waals surface area contributed by atoms with Crippen LogP contribution in [0.25, 0.3) is 0 Å². The summed E-state index contributed by atoms with van der Waals surface area (Å²) < 4.78 is 0. The van der Waals surface area contributed by atoms with Gasteiger partial charge in [0.1, 0.15) is 0 Å². The van der Waals surface area contributed by atoms with Gasteiger partial charge in [0.25, 0.3) is 0 Å². The highest BCUT2D eigenvalue weighted by Crippen LogP contribution is 2.25. The van der Waals surface area contributed by atoms with Crippen LogP contribution >= 0.6 is 47.5 Å². The lowest BCUT2D eigenvalue weighted by Gasteiger charge is -2.14. The molecule has 3 nitrogen and oxygen atoms in total. The molecule has 1 fully saturated rings. The monoisotopic (exact) mass is 375 g/mol. The molecule has 1 rings (SSSR count). The smallest absolute Gasteiger partial charge is 0.191 e. The van der Waals surface area contributed by atoms with E-state index in [0.717, 1.165) is 30.1 Å². The van der Waals surface area contributed by atoms with Crippen LogP contribution in [0.3, 0.4) is 0 Å². The zero-order valence-electron chi connectivity index (χ0n) is 9.99. The Morgan fingerprint density at radius 1 is 1.50 bits per heavy atom. The first-order chi connectivity index (χ1) is 7.36. The van der Waals surface area contributed by atoms with Crippen molar-refractivity contribution in [2.45, 2.75) is 18.1 Å². The summed E-state index contributed by atoms with van der Waals surface area (Å²) in [6, 6.07) is 0. The van der Waals surface area contributed by atoms with Gasteiger partial charge >= 0.3 is 0 Å². The molecular weight excluding hydrogens is 353 g/mol. The molecule has 0 aromatic rings. The van der Waals surface area contributed by atoms with Gasteiger partial charge < -0.3 is 10.6 Å². The second kappa shape index (κ2) is 10.8. The van der Waals surface area contributed by atoms with Crippen molar-refractivity contribution in [3.63, 3.8) is 0 Å². The molecule has 1 unspecified atom stereocenters. The highest BCUT2D eigenvalue weighted by molar-refractivity contribution is 14.0. The molecule has 1 heterocycles. The Morgan fingerprint density at radius 3 is 2.88 bits per heavy atom. The fourth-order valence-electron chi connectivity index (χ4n) is 1.51. The van der Waals surface area contributed by atoms with E-state index in [1.807, 2.05) is 18.8 Å². The Balaban J connectivity index is 0.00000225. The molecule has 0 bridgehead atoms. The summed E-state index contributed by atoms with van der Waals surface area (Å²) in [5, 5.41) is 7.46. The number of hydrogen-bond acceptors (Lipinski definition) is 3. The van der Waals surface area contributed by atoms with E-state index in [-0.39, 0.29) is 24.0 Å². The first-order valence-corrected chi connectivity index (χ1v) is 7.86. The third-order valence-electron chi connectivity index (χ3n) is 2.34. The normalized spacial score (nSPS) is 20.4. The van der Waals surface area contributed by atoms with Gasteiger partial charge in [0.2, 0.25) is 0 Å². The van der Waals surface area contributed by atoms with Crippen LogP contribution in [0.1, 0.15) is 12.8 Å². The molecule has 1 atom stereocenters. The van der Waals surface area contributed by atoms with Gasteiger partial charge in [-0.25, -0.2) is 0 Å². The molecule has 1 aliphatic heterocycles. The minimum atomic E-state index is 0. The molecule has 2 N–H and O–H groups in total. The molecule has 0 aromatic heterocycles. The summed E-state index contributed by atoms with van der Waals surface area (Å²) in [6.07, 6.45) is 4.84. The number of halogens is 1. The average Bonchev–Trinajstić information content (AvgIpc) is 2.76. The van der Waals surface area contributed by atoms with Crippen molar-refractivity contribution in [3.05, 3.63) is 0 Å². The molecule has 0 spiro atoms. The summed E-state index contributed by atoms with van der Waals surface area (Å²) in [6.45, 7) is 2.03. The number of hydrogen-bond donors (Lipinski definition) is 2. The Bertz CT molecular complexity index is 197. The number of nitrogens with one attached hydrogen (secondary N) is 2. The predicted octanol–water partition coefficient (Wildman–Crippen LogP) is 2.03. The van der Waals surface area contributed by atoms with Crippen molar-refractivity contribution in [1.82, 2.24) is 10.6 Å². The first-order valence-electron chi connectivity index (χ1n) is 5.42. The molecule has 0 amide bonds. The molecule has 1 saturated heterocycles. The van der Waals surface area contributed by atoms with Gasteiger partial charge in [-0.15, -0.1) is 24.0 Å². The van der Waals surface area contributed by atoms with Crippen molar-refractivity contribution in [2.75, 3.05) is 37.9 Å². The second-order valence-corrected chi connectivity index (χ2v) is 5.90. The number of thioether (sulfide) groups is 2. The third kappa shape index (κ3) is 7.11. The van der Waals surface area contributed by atoms with Crippen molar-refractivity contribution >= 4 is 53.5 Å². The van der Waals surface area contributed by atoms with Gasteiger partial charge in [0, 0.05) is 31.1 Å². The van der Waals surface area contributed by atoms with Crippen molar-refractivity contribution < 1.29 is 0 Å². The Labute approximate surface area is 124 Å². The molecular formula is C10H22IN3S2. The first kappa shape index (κ1) is 16.7. The molecule has 6 heteroatoms. The summed E-state index contributed by atoms with van der Waals surface area (Å²) in [4.78, 5) is 4.20. The van der Waals surface area contributed by atoms with Gasteiger partial charge in [-0.3, -0.25) is 4.99 Å². The van der Waals surface area contributed by atoms with Crippen molar-refractivity contribution in [3.8, 4) is 0 Å². The van der Waals surface area contributed by atoms with Crippen LogP contribution in [-0.2, 0) is 0 Å². The number of aliphatic imine (C=N–C) groups is 1. The van der Waals surface area contributed by atoms with Crippen molar-refractivity contribution in [1.29, 1.82) is 0 Å². The third-order valence-corrected chi connectivity index (χ3v) is 4.35. The largest absolute Gasteiger partial charge is 0.356 e. The zero-order chi connectivity index (χ0) is 10.9. The Morgan fingerprint density at radius 2 is 2.31 bits per heavy atom. The fourth-order valence-corrected chi connectivity index (χ4v) is 3.02. The Hall–Kier alpha value is 0.700. The lowest BCUT2D eigenvalue weighted by Crippen LogP contribution is -2.40. The van der Waals surface area contributed by atoms with Gasteiger partial charge in [-0.2, -0.15) is 23.5 Å². The maximum Gasteiger partial charge on any atom is 0.191 e. The van der Waals surface area contributed by atoms with Gasteiger partial charge in [-0.05, 0) is 24.9 Å². The number of nitrogens with zero attached hydrogens (tertiary/aromatic N) is 1. The summed E-state index contributed by atoms with van der Waals surface area (Å²) in [5.74, 6) is 3.39. The topological polar surface area (TPSA) is 36.4 Å². The molecule has 16 heavy (non-hydrogen) atoms. The standard InChI is InChI=1S/C10H21N3S2.HI/c1-11-10(12-5-7-14-2)13-8-9-4-3-6-15-9;/h9H,3-8H2,1-2H3,(H2,11,12,13);1H. The fraction of sp³-hybridized carbons (Fsp3) is 0.900. The quantitative estimate of drug-likeness (QED) is 0.334. The minimum absolute atomic E-state index is 0. The van der Waals surface area contributed by atoms with E-state index in [2.05, 4.69) is 33.6 Å². The maximum absolute atomic E-state index is 4.20. The minimum Gasteiger partial charge on any atom is -0.356 e. The van der Waals surface area contributed by atoms with Crippen LogP contribution in [0.15, 0.2) is 4.99 Å². The van der Waals surface area contributed by atoms with Gasteiger partial charge in [-0.1, -0.05) is 0 Å². The van der Waals surface area contributed by atoms with Crippen LogP contribution in [0.4, 0.5) is 0 Å².